The van der Waals surface area contributed by atoms with Crippen molar-refractivity contribution in [2.45, 2.75) is 33.2 Å². The van der Waals surface area contributed by atoms with Crippen molar-refractivity contribution in [1.29, 1.82) is 0 Å². The van der Waals surface area contributed by atoms with Gasteiger partial charge in [0.05, 0.1) is 4.88 Å². The molecule has 1 aliphatic heterocycles. The van der Waals surface area contributed by atoms with Crippen LogP contribution in [0.15, 0.2) is 6.07 Å². The number of carbonyl (C=O) groups excluding carboxylic acids is 3. The van der Waals surface area contributed by atoms with Crippen molar-refractivity contribution in [3.8, 4) is 0 Å². The van der Waals surface area contributed by atoms with Crippen LogP contribution in [0.4, 0.5) is 0 Å². The van der Waals surface area contributed by atoms with Crippen LogP contribution in [-0.4, -0.2) is 34.7 Å². The molecule has 1 aliphatic rings. The lowest BCUT2D eigenvalue weighted by Crippen LogP contribution is -2.65. The summed E-state index contributed by atoms with van der Waals surface area (Å²) in [5.74, 6) is -1.15. The molecule has 0 spiro atoms. The number of hydrogen-bond acceptors (Lipinski definition) is 4. The molecule has 0 unspecified atom stereocenters. The van der Waals surface area contributed by atoms with Gasteiger partial charge in [0.25, 0.3) is 11.8 Å². The second kappa shape index (κ2) is 4.45. The Hall–Kier alpha value is -1.69. The quantitative estimate of drug-likeness (QED) is 0.787. The van der Waals surface area contributed by atoms with Gasteiger partial charge in [-0.1, -0.05) is 0 Å². The summed E-state index contributed by atoms with van der Waals surface area (Å²) in [4.78, 5) is 38.7. The Balaban J connectivity index is 2.36. The van der Waals surface area contributed by atoms with Crippen molar-refractivity contribution in [1.82, 2.24) is 10.2 Å². The van der Waals surface area contributed by atoms with Gasteiger partial charge >= 0.3 is 0 Å². The predicted octanol–water partition coefficient (Wildman–Crippen LogP) is 1.24. The van der Waals surface area contributed by atoms with Gasteiger partial charge in [-0.05, 0) is 39.3 Å². The summed E-state index contributed by atoms with van der Waals surface area (Å²) in [6.45, 7) is 7.06. The number of thiophene rings is 1. The average molecular weight is 280 g/mol. The maximum absolute atomic E-state index is 12.5. The van der Waals surface area contributed by atoms with E-state index < -0.39 is 17.4 Å². The topological polar surface area (TPSA) is 66.5 Å². The normalized spacial score (nSPS) is 18.4. The first kappa shape index (κ1) is 13.7. The number of aryl methyl sites for hydroxylation is 2. The van der Waals surface area contributed by atoms with Crippen LogP contribution in [0.5, 0.6) is 0 Å². The highest BCUT2D eigenvalue weighted by Crippen LogP contribution is 2.26. The standard InChI is InChI=1S/C13H16N2O3S/c1-7-5-9(19-8(7)2)11(17)15-6-10(16)14-12(18)13(15,3)4/h5H,6H2,1-4H3,(H,14,16,18). The van der Waals surface area contributed by atoms with Crippen LogP contribution in [0, 0.1) is 13.8 Å². The van der Waals surface area contributed by atoms with Gasteiger partial charge in [0.2, 0.25) is 5.91 Å². The smallest absolute Gasteiger partial charge is 0.265 e. The molecule has 0 saturated carbocycles. The van der Waals surface area contributed by atoms with Crippen molar-refractivity contribution in [3.63, 3.8) is 0 Å². The molecule has 0 atom stereocenters. The van der Waals surface area contributed by atoms with Gasteiger partial charge in [0.1, 0.15) is 12.1 Å². The van der Waals surface area contributed by atoms with Crippen LogP contribution in [0.1, 0.15) is 34.0 Å². The van der Waals surface area contributed by atoms with E-state index in [1.165, 1.54) is 16.2 Å². The van der Waals surface area contributed by atoms with Gasteiger partial charge in [0.15, 0.2) is 0 Å². The molecule has 1 fully saturated rings. The summed E-state index contributed by atoms with van der Waals surface area (Å²) in [6.07, 6.45) is 0. The monoisotopic (exact) mass is 280 g/mol. The fourth-order valence-electron chi connectivity index (χ4n) is 1.92. The zero-order valence-electron chi connectivity index (χ0n) is 11.4. The van der Waals surface area contributed by atoms with Crippen LogP contribution >= 0.6 is 11.3 Å². The molecule has 1 aromatic rings. The highest BCUT2D eigenvalue weighted by atomic mass is 32.1. The largest absolute Gasteiger partial charge is 0.314 e. The van der Waals surface area contributed by atoms with Crippen LogP contribution in [-0.2, 0) is 9.59 Å². The van der Waals surface area contributed by atoms with E-state index in [4.69, 9.17) is 0 Å². The van der Waals surface area contributed by atoms with E-state index in [2.05, 4.69) is 5.32 Å². The number of amides is 3. The zero-order chi connectivity index (χ0) is 14.4. The van der Waals surface area contributed by atoms with Crippen molar-refractivity contribution >= 4 is 29.1 Å². The van der Waals surface area contributed by atoms with Crippen molar-refractivity contribution in [3.05, 3.63) is 21.4 Å². The zero-order valence-corrected chi connectivity index (χ0v) is 12.2. The molecule has 3 amide bonds. The molecule has 19 heavy (non-hydrogen) atoms. The number of nitrogens with one attached hydrogen (secondary N) is 1. The van der Waals surface area contributed by atoms with Gasteiger partial charge < -0.3 is 4.90 Å². The molecule has 2 heterocycles. The Morgan fingerprint density at radius 2 is 2.00 bits per heavy atom. The molecule has 6 heteroatoms. The minimum atomic E-state index is -1.02. The summed E-state index contributed by atoms with van der Waals surface area (Å²) in [5, 5.41) is 2.25. The van der Waals surface area contributed by atoms with Crippen molar-refractivity contribution in [2.24, 2.45) is 0 Å². The molecule has 0 aromatic carbocycles. The molecule has 1 N–H and O–H groups in total. The van der Waals surface area contributed by atoms with Gasteiger partial charge in [-0.15, -0.1) is 11.3 Å². The molecule has 102 valence electrons. The molecular weight excluding hydrogens is 264 g/mol. The lowest BCUT2D eigenvalue weighted by Gasteiger charge is -2.39. The molecular formula is C13H16N2O3S. The third-order valence-corrected chi connectivity index (χ3v) is 4.55. The van der Waals surface area contributed by atoms with Crippen LogP contribution in [0.2, 0.25) is 0 Å². The third-order valence-electron chi connectivity index (χ3n) is 3.41. The van der Waals surface area contributed by atoms with E-state index in [1.807, 2.05) is 13.8 Å². The SMILES string of the molecule is Cc1cc(C(=O)N2CC(=O)NC(=O)C2(C)C)sc1C. The fourth-order valence-corrected chi connectivity index (χ4v) is 2.90. The Labute approximate surface area is 115 Å². The van der Waals surface area contributed by atoms with Gasteiger partial charge in [-0.2, -0.15) is 0 Å². The van der Waals surface area contributed by atoms with Crippen LogP contribution < -0.4 is 5.32 Å². The van der Waals surface area contributed by atoms with Gasteiger partial charge in [0, 0.05) is 4.88 Å². The number of nitrogens with zero attached hydrogens (tertiary/aromatic N) is 1. The predicted molar refractivity (Wildman–Crippen MR) is 72.1 cm³/mol. The molecule has 0 bridgehead atoms. The number of imide groups is 1. The summed E-state index contributed by atoms with van der Waals surface area (Å²) in [6, 6.07) is 1.80. The van der Waals surface area contributed by atoms with E-state index in [1.54, 1.807) is 19.9 Å². The summed E-state index contributed by atoms with van der Waals surface area (Å²) in [7, 11) is 0. The Morgan fingerprint density at radius 3 is 2.53 bits per heavy atom. The second-order valence-corrected chi connectivity index (χ2v) is 6.43. The second-order valence-electron chi connectivity index (χ2n) is 5.18. The highest BCUT2D eigenvalue weighted by molar-refractivity contribution is 7.14. The number of rotatable bonds is 1. The number of hydrogen-bond donors (Lipinski definition) is 1. The third kappa shape index (κ3) is 2.28. The van der Waals surface area contributed by atoms with Gasteiger partial charge in [-0.3, -0.25) is 19.7 Å². The van der Waals surface area contributed by atoms with E-state index in [0.717, 1.165) is 10.4 Å². The maximum atomic E-state index is 12.5. The summed E-state index contributed by atoms with van der Waals surface area (Å²) >= 11 is 1.39. The lowest BCUT2D eigenvalue weighted by molar-refractivity contribution is -0.143. The number of carbonyl (C=O) groups is 3. The van der Waals surface area contributed by atoms with E-state index in [0.29, 0.717) is 4.88 Å². The maximum Gasteiger partial charge on any atom is 0.265 e. The van der Waals surface area contributed by atoms with Crippen molar-refractivity contribution < 1.29 is 14.4 Å². The first-order valence-electron chi connectivity index (χ1n) is 5.96. The van der Waals surface area contributed by atoms with Crippen molar-refractivity contribution in [2.75, 3.05) is 6.54 Å². The van der Waals surface area contributed by atoms with E-state index >= 15 is 0 Å². The first-order chi connectivity index (χ1) is 8.73. The lowest BCUT2D eigenvalue weighted by atomic mass is 9.98. The molecule has 5 nitrogen and oxygen atoms in total. The molecule has 1 aromatic heterocycles. The van der Waals surface area contributed by atoms with E-state index in [-0.39, 0.29) is 12.5 Å². The summed E-state index contributed by atoms with van der Waals surface area (Å²) in [5.41, 5.74) is 0.0236. The minimum absolute atomic E-state index is 0.0897. The molecule has 0 aliphatic carbocycles. The summed E-state index contributed by atoms with van der Waals surface area (Å²) < 4.78 is 0. The van der Waals surface area contributed by atoms with Crippen LogP contribution in [0.3, 0.4) is 0 Å². The van der Waals surface area contributed by atoms with Gasteiger partial charge in [-0.25, -0.2) is 0 Å². The first-order valence-corrected chi connectivity index (χ1v) is 6.78. The van der Waals surface area contributed by atoms with Crippen LogP contribution in [0.25, 0.3) is 0 Å². The number of piperazine rings is 1. The Bertz CT molecular complexity index is 555. The highest BCUT2D eigenvalue weighted by Gasteiger charge is 2.44. The van der Waals surface area contributed by atoms with E-state index in [9.17, 15) is 14.4 Å². The molecule has 2 rings (SSSR count). The minimum Gasteiger partial charge on any atom is -0.314 e. The Kier molecular flexibility index (Phi) is 3.22. The Morgan fingerprint density at radius 1 is 1.37 bits per heavy atom. The average Bonchev–Trinajstić information content (AvgIpc) is 2.64. The molecule has 0 radical (unpaired) electrons. The molecule has 1 saturated heterocycles. The fraction of sp³-hybridized carbons (Fsp3) is 0.462.